The Kier molecular flexibility index (Phi) is 8.16. The molecule has 2 aliphatic rings. The molecule has 178 valence electrons. The molecule has 0 bridgehead atoms. The second kappa shape index (κ2) is 11.3. The van der Waals surface area contributed by atoms with Gasteiger partial charge in [-0.1, -0.05) is 42.5 Å². The first kappa shape index (κ1) is 23.9. The van der Waals surface area contributed by atoms with Crippen LogP contribution in [-0.2, 0) is 0 Å². The van der Waals surface area contributed by atoms with Gasteiger partial charge in [0.25, 0.3) is 0 Å². The molecule has 0 radical (unpaired) electrons. The van der Waals surface area contributed by atoms with Crippen molar-refractivity contribution < 1.29 is 17.9 Å². The number of hydrogen-bond donors (Lipinski definition) is 0. The van der Waals surface area contributed by atoms with Crippen LogP contribution in [0.4, 0.5) is 13.2 Å². The molecule has 0 unspecified atom stereocenters. The van der Waals surface area contributed by atoms with Crippen molar-refractivity contribution in [3.8, 4) is 5.75 Å². The summed E-state index contributed by atoms with van der Waals surface area (Å²) in [6.45, 7) is 1.71. The summed E-state index contributed by atoms with van der Waals surface area (Å²) in [5.74, 6) is 0.0581. The largest absolute Gasteiger partial charge is 0.491 e. The molecule has 1 nitrogen and oxygen atoms in total. The van der Waals surface area contributed by atoms with Gasteiger partial charge < -0.3 is 4.74 Å². The van der Waals surface area contributed by atoms with E-state index in [2.05, 4.69) is 24.3 Å². The summed E-state index contributed by atoms with van der Waals surface area (Å²) in [5.41, 5.74) is 3.25. The van der Waals surface area contributed by atoms with Crippen molar-refractivity contribution in [3.05, 3.63) is 76.9 Å². The van der Waals surface area contributed by atoms with Gasteiger partial charge >= 0.3 is 0 Å². The lowest BCUT2D eigenvalue weighted by atomic mass is 9.75. The fraction of sp³-hybridized carbons (Fsp3) is 0.517. The van der Waals surface area contributed by atoms with E-state index in [1.54, 1.807) is 25.1 Å². The Balaban J connectivity index is 1.32. The van der Waals surface area contributed by atoms with Crippen LogP contribution in [0, 0.1) is 17.6 Å². The van der Waals surface area contributed by atoms with E-state index in [1.807, 2.05) is 6.08 Å². The van der Waals surface area contributed by atoms with Gasteiger partial charge in [-0.2, -0.15) is 4.39 Å². The number of rotatable bonds is 7. The van der Waals surface area contributed by atoms with Gasteiger partial charge in [0.05, 0.1) is 6.61 Å². The fourth-order valence-electron chi connectivity index (χ4n) is 5.80. The lowest BCUT2D eigenvalue weighted by Gasteiger charge is -2.30. The van der Waals surface area contributed by atoms with Crippen LogP contribution in [-0.4, -0.2) is 13.3 Å². The molecule has 4 heteroatoms. The molecule has 0 aliphatic heterocycles. The topological polar surface area (TPSA) is 9.23 Å². The Labute approximate surface area is 196 Å². The van der Waals surface area contributed by atoms with Crippen molar-refractivity contribution in [2.75, 3.05) is 13.3 Å². The number of alkyl halides is 1. The molecule has 0 spiro atoms. The minimum Gasteiger partial charge on any atom is -0.491 e. The standard InChI is InChI=1S/C29H35F3O/c1-2-33-27-18-17-26(28(31)29(27)32)25-15-13-24(14-16-25)23-11-9-22(10-12-23)21-7-5-20(6-8-21)4-3-19-30/h3-4,9-12,17-18,20-21,24-25H,2,5-8,13-16,19H2,1H3. The maximum absolute atomic E-state index is 14.6. The molecule has 2 fully saturated rings. The van der Waals surface area contributed by atoms with Crippen LogP contribution in [0.15, 0.2) is 48.6 Å². The van der Waals surface area contributed by atoms with Crippen molar-refractivity contribution in [2.24, 2.45) is 5.92 Å². The Morgan fingerprint density at radius 1 is 0.758 bits per heavy atom. The van der Waals surface area contributed by atoms with E-state index in [9.17, 15) is 13.2 Å². The lowest BCUT2D eigenvalue weighted by Crippen LogP contribution is -2.14. The molecular formula is C29H35F3O. The maximum Gasteiger partial charge on any atom is 0.200 e. The lowest BCUT2D eigenvalue weighted by molar-refractivity contribution is 0.310. The van der Waals surface area contributed by atoms with E-state index >= 15 is 0 Å². The van der Waals surface area contributed by atoms with E-state index in [0.29, 0.717) is 29.9 Å². The summed E-state index contributed by atoms with van der Waals surface area (Å²) in [7, 11) is 0. The summed E-state index contributed by atoms with van der Waals surface area (Å²) in [4.78, 5) is 0. The van der Waals surface area contributed by atoms with Crippen LogP contribution in [0.25, 0.3) is 0 Å². The second-order valence-electron chi connectivity index (χ2n) is 9.62. The molecule has 2 aromatic carbocycles. The van der Waals surface area contributed by atoms with Gasteiger partial charge in [0, 0.05) is 0 Å². The average molecular weight is 457 g/mol. The highest BCUT2D eigenvalue weighted by molar-refractivity contribution is 5.34. The first-order valence-electron chi connectivity index (χ1n) is 12.5. The normalized spacial score (nSPS) is 25.9. The van der Waals surface area contributed by atoms with Gasteiger partial charge in [0.1, 0.15) is 6.67 Å². The maximum atomic E-state index is 14.6. The smallest absolute Gasteiger partial charge is 0.200 e. The van der Waals surface area contributed by atoms with Gasteiger partial charge in [-0.15, -0.1) is 0 Å². The molecule has 0 atom stereocenters. The summed E-state index contributed by atoms with van der Waals surface area (Å²) >= 11 is 0. The van der Waals surface area contributed by atoms with Crippen molar-refractivity contribution in [2.45, 2.75) is 76.0 Å². The first-order chi connectivity index (χ1) is 16.1. The van der Waals surface area contributed by atoms with Crippen LogP contribution in [0.1, 0.15) is 92.7 Å². The summed E-state index contributed by atoms with van der Waals surface area (Å²) < 4.78 is 46.4. The number of hydrogen-bond acceptors (Lipinski definition) is 1. The third kappa shape index (κ3) is 5.65. The molecule has 4 rings (SSSR count). The minimum absolute atomic E-state index is 0.00256. The Hall–Kier alpha value is -2.23. The molecule has 33 heavy (non-hydrogen) atoms. The Morgan fingerprint density at radius 2 is 1.30 bits per heavy atom. The highest BCUT2D eigenvalue weighted by Gasteiger charge is 2.28. The van der Waals surface area contributed by atoms with Gasteiger partial charge in [0.2, 0.25) is 5.82 Å². The summed E-state index contributed by atoms with van der Waals surface area (Å²) in [5, 5.41) is 0. The van der Waals surface area contributed by atoms with Gasteiger partial charge in [0.15, 0.2) is 11.6 Å². The third-order valence-corrected chi connectivity index (χ3v) is 7.69. The Bertz CT molecular complexity index is 921. The van der Waals surface area contributed by atoms with E-state index in [4.69, 9.17) is 4.74 Å². The van der Waals surface area contributed by atoms with Gasteiger partial charge in [-0.05, 0) is 105 Å². The van der Waals surface area contributed by atoms with Crippen LogP contribution >= 0.6 is 0 Å². The monoisotopic (exact) mass is 456 g/mol. The molecule has 0 aromatic heterocycles. The van der Waals surface area contributed by atoms with E-state index in [1.165, 1.54) is 11.1 Å². The third-order valence-electron chi connectivity index (χ3n) is 7.69. The molecule has 2 saturated carbocycles. The number of ether oxygens (including phenoxy) is 1. The van der Waals surface area contributed by atoms with Crippen molar-refractivity contribution in [1.82, 2.24) is 0 Å². The molecule has 0 heterocycles. The molecule has 2 aliphatic carbocycles. The van der Waals surface area contributed by atoms with Crippen molar-refractivity contribution in [3.63, 3.8) is 0 Å². The Morgan fingerprint density at radius 3 is 1.85 bits per heavy atom. The summed E-state index contributed by atoms with van der Waals surface area (Å²) in [6, 6.07) is 12.4. The highest BCUT2D eigenvalue weighted by atomic mass is 19.2. The van der Waals surface area contributed by atoms with E-state index in [-0.39, 0.29) is 18.3 Å². The van der Waals surface area contributed by atoms with Crippen LogP contribution < -0.4 is 4.74 Å². The zero-order valence-electron chi connectivity index (χ0n) is 19.5. The molecule has 0 saturated heterocycles. The molecule has 0 N–H and O–H groups in total. The van der Waals surface area contributed by atoms with Gasteiger partial charge in [-0.3, -0.25) is 0 Å². The van der Waals surface area contributed by atoms with Crippen LogP contribution in [0.2, 0.25) is 0 Å². The average Bonchev–Trinajstić information content (AvgIpc) is 2.86. The predicted octanol–water partition coefficient (Wildman–Crippen LogP) is 8.60. The number of halogens is 3. The van der Waals surface area contributed by atoms with E-state index < -0.39 is 11.6 Å². The minimum atomic E-state index is -0.862. The van der Waals surface area contributed by atoms with Gasteiger partial charge in [-0.25, -0.2) is 8.78 Å². The molecule has 2 aromatic rings. The molecular weight excluding hydrogens is 421 g/mol. The van der Waals surface area contributed by atoms with E-state index in [0.717, 1.165) is 51.4 Å². The predicted molar refractivity (Wildman–Crippen MR) is 128 cm³/mol. The summed E-state index contributed by atoms with van der Waals surface area (Å²) in [6.07, 6.45) is 12.0. The SMILES string of the molecule is CCOc1ccc(C2CCC(c3ccc(C4CCC(C=CCF)CC4)cc3)CC2)c(F)c1F. The van der Waals surface area contributed by atoms with Crippen molar-refractivity contribution >= 4 is 0 Å². The fourth-order valence-corrected chi connectivity index (χ4v) is 5.80. The van der Waals surface area contributed by atoms with Crippen LogP contribution in [0.5, 0.6) is 5.75 Å². The first-order valence-corrected chi connectivity index (χ1v) is 12.5. The quantitative estimate of drug-likeness (QED) is 0.379. The highest BCUT2D eigenvalue weighted by Crippen LogP contribution is 2.43. The zero-order valence-corrected chi connectivity index (χ0v) is 19.5. The molecule has 0 amide bonds. The number of benzene rings is 2. The second-order valence-corrected chi connectivity index (χ2v) is 9.62. The van der Waals surface area contributed by atoms with Crippen molar-refractivity contribution in [1.29, 1.82) is 0 Å². The van der Waals surface area contributed by atoms with Crippen LogP contribution in [0.3, 0.4) is 0 Å². The zero-order chi connectivity index (χ0) is 23.2. The number of allylic oxidation sites excluding steroid dienone is 2.